The lowest BCUT2D eigenvalue weighted by atomic mass is 10.1. The van der Waals surface area contributed by atoms with E-state index < -0.39 is 0 Å². The van der Waals surface area contributed by atoms with Gasteiger partial charge in [-0.15, -0.1) is 0 Å². The molecule has 4 nitrogen and oxygen atoms in total. The van der Waals surface area contributed by atoms with Crippen molar-refractivity contribution in [2.45, 2.75) is 13.5 Å². The first-order chi connectivity index (χ1) is 9.47. The van der Waals surface area contributed by atoms with E-state index in [1.54, 1.807) is 24.5 Å². The normalized spacial score (nSPS) is 10.3. The van der Waals surface area contributed by atoms with Gasteiger partial charge in [0, 0.05) is 26.9 Å². The molecule has 0 aliphatic rings. The molecule has 0 aliphatic carbocycles. The number of carbonyl (C=O) groups is 1. The fraction of sp³-hybridized carbons (Fsp3) is 0.143. The number of hydrogen-bond acceptors (Lipinski definition) is 4. The van der Waals surface area contributed by atoms with Gasteiger partial charge in [0.2, 0.25) is 0 Å². The molecular formula is C14H12Br2N2O2. The fourth-order valence-electron chi connectivity index (χ4n) is 1.73. The smallest absolute Gasteiger partial charge is 0.163 e. The number of benzene rings is 1. The molecule has 0 amide bonds. The number of Topliss-reactive ketones (excluding diaryl/α,β-unsaturated/α-hetero) is 1. The van der Waals surface area contributed by atoms with Crippen molar-refractivity contribution in [1.29, 1.82) is 0 Å². The lowest BCUT2D eigenvalue weighted by Crippen LogP contribution is -2.05. The highest BCUT2D eigenvalue weighted by Gasteiger charge is 2.14. The summed E-state index contributed by atoms with van der Waals surface area (Å²) < 4.78 is 7.31. The average Bonchev–Trinajstić information content (AvgIpc) is 2.36. The van der Waals surface area contributed by atoms with Crippen LogP contribution in [0.25, 0.3) is 0 Å². The minimum Gasteiger partial charge on any atom is -0.486 e. The van der Waals surface area contributed by atoms with E-state index in [4.69, 9.17) is 10.5 Å². The molecule has 0 saturated carbocycles. The minimum absolute atomic E-state index is 0.0969. The number of aromatic nitrogens is 1. The molecule has 20 heavy (non-hydrogen) atoms. The maximum atomic E-state index is 11.7. The van der Waals surface area contributed by atoms with Crippen LogP contribution >= 0.6 is 31.9 Å². The minimum atomic E-state index is -0.0969. The van der Waals surface area contributed by atoms with Crippen molar-refractivity contribution < 1.29 is 9.53 Å². The summed E-state index contributed by atoms with van der Waals surface area (Å²) in [5.74, 6) is 0.307. The molecule has 1 aromatic heterocycles. The van der Waals surface area contributed by atoms with E-state index in [9.17, 15) is 4.79 Å². The Morgan fingerprint density at radius 3 is 2.65 bits per heavy atom. The summed E-state index contributed by atoms with van der Waals surface area (Å²) in [6.45, 7) is 1.77. The Balaban J connectivity index is 2.27. The van der Waals surface area contributed by atoms with Gasteiger partial charge in [0.25, 0.3) is 0 Å². The summed E-state index contributed by atoms with van der Waals surface area (Å²) in [5.41, 5.74) is 7.69. The van der Waals surface area contributed by atoms with Gasteiger partial charge in [0.15, 0.2) is 11.5 Å². The highest BCUT2D eigenvalue weighted by atomic mass is 79.9. The van der Waals surface area contributed by atoms with Crippen LogP contribution in [0.2, 0.25) is 0 Å². The Labute approximate surface area is 133 Å². The Morgan fingerprint density at radius 1 is 1.25 bits per heavy atom. The molecule has 1 heterocycles. The highest BCUT2D eigenvalue weighted by molar-refractivity contribution is 9.10. The zero-order chi connectivity index (χ0) is 14.7. The monoisotopic (exact) mass is 398 g/mol. The van der Waals surface area contributed by atoms with Gasteiger partial charge >= 0.3 is 0 Å². The summed E-state index contributed by atoms with van der Waals surface area (Å²) in [6.07, 6.45) is 3.39. The Morgan fingerprint density at radius 2 is 2.00 bits per heavy atom. The van der Waals surface area contributed by atoms with Crippen LogP contribution in [0.4, 0.5) is 5.69 Å². The topological polar surface area (TPSA) is 65.2 Å². The third kappa shape index (κ3) is 3.58. The van der Waals surface area contributed by atoms with Crippen LogP contribution in [-0.2, 0) is 6.61 Å². The van der Waals surface area contributed by atoms with Crippen molar-refractivity contribution >= 4 is 43.3 Å². The molecule has 0 unspecified atom stereocenters. The van der Waals surface area contributed by atoms with Gasteiger partial charge in [0.1, 0.15) is 6.61 Å². The van der Waals surface area contributed by atoms with Gasteiger partial charge in [-0.3, -0.25) is 9.78 Å². The molecule has 0 bridgehead atoms. The number of ether oxygens (including phenoxy) is 1. The number of rotatable bonds is 4. The molecular weight excluding hydrogens is 388 g/mol. The molecule has 0 aliphatic heterocycles. The highest BCUT2D eigenvalue weighted by Crippen LogP contribution is 2.31. The summed E-state index contributed by atoms with van der Waals surface area (Å²) in [5, 5.41) is 0. The Bertz CT molecular complexity index is 660. The van der Waals surface area contributed by atoms with Gasteiger partial charge in [-0.05, 0) is 41.1 Å². The standard InChI is InChI=1S/C14H12Br2N2O2/c1-8(19)12-3-10(15)4-13(17)14(12)20-7-9-2-11(16)6-18-5-9/h2-6H,7,17H2,1H3. The van der Waals surface area contributed by atoms with Crippen molar-refractivity contribution in [3.63, 3.8) is 0 Å². The summed E-state index contributed by atoms with van der Waals surface area (Å²) in [4.78, 5) is 15.7. The average molecular weight is 400 g/mol. The van der Waals surface area contributed by atoms with Crippen molar-refractivity contribution in [3.05, 3.63) is 50.7 Å². The van der Waals surface area contributed by atoms with E-state index in [1.165, 1.54) is 6.92 Å². The van der Waals surface area contributed by atoms with Crippen LogP contribution in [0.3, 0.4) is 0 Å². The SMILES string of the molecule is CC(=O)c1cc(Br)cc(N)c1OCc1cncc(Br)c1. The maximum Gasteiger partial charge on any atom is 0.163 e. The van der Waals surface area contributed by atoms with Gasteiger partial charge in [0.05, 0.1) is 11.3 Å². The fourth-order valence-corrected chi connectivity index (χ4v) is 2.62. The van der Waals surface area contributed by atoms with Crippen LogP contribution in [0.1, 0.15) is 22.8 Å². The van der Waals surface area contributed by atoms with Crippen molar-refractivity contribution in [2.24, 2.45) is 0 Å². The molecule has 0 spiro atoms. The third-order valence-electron chi connectivity index (χ3n) is 2.61. The molecule has 0 fully saturated rings. The quantitative estimate of drug-likeness (QED) is 0.623. The van der Waals surface area contributed by atoms with E-state index in [0.717, 1.165) is 14.5 Å². The number of anilines is 1. The third-order valence-corrected chi connectivity index (χ3v) is 3.50. The molecule has 2 aromatic rings. The lowest BCUT2D eigenvalue weighted by Gasteiger charge is -2.13. The first kappa shape index (κ1) is 15.0. The molecule has 2 N–H and O–H groups in total. The first-order valence-electron chi connectivity index (χ1n) is 5.79. The molecule has 2 rings (SSSR count). The number of carbonyl (C=O) groups excluding carboxylic acids is 1. The van der Waals surface area contributed by atoms with Crippen LogP contribution in [0.15, 0.2) is 39.5 Å². The number of hydrogen-bond donors (Lipinski definition) is 1. The van der Waals surface area contributed by atoms with Gasteiger partial charge in [-0.1, -0.05) is 15.9 Å². The summed E-state index contributed by atoms with van der Waals surface area (Å²) >= 11 is 6.66. The van der Waals surface area contributed by atoms with Crippen molar-refractivity contribution in [3.8, 4) is 5.75 Å². The van der Waals surface area contributed by atoms with Crippen LogP contribution < -0.4 is 10.5 Å². The van der Waals surface area contributed by atoms with Gasteiger partial charge in [-0.2, -0.15) is 0 Å². The maximum absolute atomic E-state index is 11.7. The second kappa shape index (κ2) is 6.37. The second-order valence-corrected chi connectivity index (χ2v) is 6.06. The predicted octanol–water partition coefficient (Wildman–Crippen LogP) is 3.97. The van der Waals surface area contributed by atoms with E-state index in [1.807, 2.05) is 6.07 Å². The van der Waals surface area contributed by atoms with Crippen LogP contribution in [0.5, 0.6) is 5.75 Å². The molecule has 104 valence electrons. The molecule has 1 aromatic carbocycles. The van der Waals surface area contributed by atoms with E-state index in [2.05, 4.69) is 36.8 Å². The Kier molecular flexibility index (Phi) is 4.77. The van der Waals surface area contributed by atoms with Crippen LogP contribution in [0, 0.1) is 0 Å². The largest absolute Gasteiger partial charge is 0.486 e. The zero-order valence-corrected chi connectivity index (χ0v) is 13.9. The summed E-state index contributed by atoms with van der Waals surface area (Å²) in [6, 6.07) is 5.31. The number of nitrogens with two attached hydrogens (primary N) is 1. The number of nitrogen functional groups attached to an aromatic ring is 1. The zero-order valence-electron chi connectivity index (χ0n) is 10.7. The number of halogens is 2. The lowest BCUT2D eigenvalue weighted by molar-refractivity contribution is 0.101. The second-order valence-electron chi connectivity index (χ2n) is 4.23. The van der Waals surface area contributed by atoms with Crippen LogP contribution in [-0.4, -0.2) is 10.8 Å². The molecule has 6 heteroatoms. The number of ketones is 1. The van der Waals surface area contributed by atoms with E-state index in [-0.39, 0.29) is 5.78 Å². The number of pyridine rings is 1. The molecule has 0 radical (unpaired) electrons. The first-order valence-corrected chi connectivity index (χ1v) is 7.38. The molecule has 0 atom stereocenters. The summed E-state index contributed by atoms with van der Waals surface area (Å²) in [7, 11) is 0. The predicted molar refractivity (Wildman–Crippen MR) is 84.8 cm³/mol. The van der Waals surface area contributed by atoms with E-state index in [0.29, 0.717) is 23.6 Å². The Hall–Kier alpha value is -1.40. The number of nitrogens with zero attached hydrogens (tertiary/aromatic N) is 1. The van der Waals surface area contributed by atoms with Gasteiger partial charge in [-0.25, -0.2) is 0 Å². The molecule has 0 saturated heterocycles. The van der Waals surface area contributed by atoms with Crippen molar-refractivity contribution in [1.82, 2.24) is 4.98 Å². The van der Waals surface area contributed by atoms with Gasteiger partial charge < -0.3 is 10.5 Å². The van der Waals surface area contributed by atoms with E-state index >= 15 is 0 Å². The van der Waals surface area contributed by atoms with Crippen molar-refractivity contribution in [2.75, 3.05) is 5.73 Å².